The van der Waals surface area contributed by atoms with Gasteiger partial charge in [-0.1, -0.05) is 48.0 Å². The average Bonchev–Trinajstić information content (AvgIpc) is 2.42. The molecule has 1 fully saturated rings. The number of benzene rings is 1. The van der Waals surface area contributed by atoms with E-state index in [1.807, 2.05) is 11.8 Å². The molecule has 3 unspecified atom stereocenters. The van der Waals surface area contributed by atoms with Crippen molar-refractivity contribution in [1.29, 1.82) is 0 Å². The number of hydrogen-bond donors (Lipinski definition) is 0. The van der Waals surface area contributed by atoms with Gasteiger partial charge >= 0.3 is 0 Å². The van der Waals surface area contributed by atoms with Crippen LogP contribution in [0.1, 0.15) is 39.5 Å². The molecular formula is C17H25BrS. The second kappa shape index (κ2) is 7.73. The van der Waals surface area contributed by atoms with E-state index in [0.29, 0.717) is 0 Å². The van der Waals surface area contributed by atoms with Crippen LogP contribution in [-0.2, 0) is 0 Å². The fourth-order valence-corrected chi connectivity index (χ4v) is 4.76. The first-order valence-electron chi connectivity index (χ1n) is 7.48. The molecule has 0 aliphatic heterocycles. The first kappa shape index (κ1) is 15.4. The molecule has 0 spiro atoms. The first-order chi connectivity index (χ1) is 9.16. The van der Waals surface area contributed by atoms with Crippen LogP contribution in [0.15, 0.2) is 35.2 Å². The number of hydrogen-bond acceptors (Lipinski definition) is 1. The Bertz CT molecular complexity index is 363. The van der Waals surface area contributed by atoms with Gasteiger partial charge in [-0.2, -0.15) is 0 Å². The number of rotatable bonds is 5. The molecule has 106 valence electrons. The van der Waals surface area contributed by atoms with Gasteiger partial charge in [0.2, 0.25) is 0 Å². The molecule has 2 rings (SSSR count). The lowest BCUT2D eigenvalue weighted by Gasteiger charge is -2.35. The Morgan fingerprint density at radius 3 is 2.63 bits per heavy atom. The van der Waals surface area contributed by atoms with E-state index in [4.69, 9.17) is 0 Å². The molecule has 1 saturated carbocycles. The smallest absolute Gasteiger partial charge is 0.0174 e. The molecule has 0 heterocycles. The van der Waals surface area contributed by atoms with E-state index >= 15 is 0 Å². The SMILES string of the molecule is CC(C)C1CCC(Br)C(CCSc2ccccc2)C1. The van der Waals surface area contributed by atoms with E-state index in [1.54, 1.807) is 0 Å². The van der Waals surface area contributed by atoms with E-state index < -0.39 is 0 Å². The predicted octanol–water partition coefficient (Wildman–Crippen LogP) is 6.00. The standard InChI is InChI=1S/C17H25BrS/c1-13(2)14-8-9-17(18)15(12-14)10-11-19-16-6-4-3-5-7-16/h3-7,13-15,17H,8-12H2,1-2H3. The fourth-order valence-electron chi connectivity index (χ4n) is 3.01. The summed E-state index contributed by atoms with van der Waals surface area (Å²) < 4.78 is 0. The maximum Gasteiger partial charge on any atom is 0.0174 e. The Hall–Kier alpha value is 0.0500. The highest BCUT2D eigenvalue weighted by molar-refractivity contribution is 9.09. The number of alkyl halides is 1. The average molecular weight is 341 g/mol. The second-order valence-corrected chi connectivity index (χ2v) is 8.39. The first-order valence-corrected chi connectivity index (χ1v) is 9.39. The van der Waals surface area contributed by atoms with Crippen LogP contribution in [-0.4, -0.2) is 10.6 Å². The molecule has 1 aliphatic rings. The molecule has 0 saturated heterocycles. The normalized spacial score (nSPS) is 27.7. The molecule has 0 N–H and O–H groups in total. The van der Waals surface area contributed by atoms with Crippen molar-refractivity contribution >= 4 is 27.7 Å². The maximum absolute atomic E-state index is 3.91. The highest BCUT2D eigenvalue weighted by atomic mass is 79.9. The summed E-state index contributed by atoms with van der Waals surface area (Å²) in [6.07, 6.45) is 5.54. The van der Waals surface area contributed by atoms with Crippen molar-refractivity contribution in [3.63, 3.8) is 0 Å². The minimum absolute atomic E-state index is 0.749. The monoisotopic (exact) mass is 340 g/mol. The highest BCUT2D eigenvalue weighted by Gasteiger charge is 2.29. The quantitative estimate of drug-likeness (QED) is 0.467. The summed E-state index contributed by atoms with van der Waals surface area (Å²) in [6.45, 7) is 4.77. The Balaban J connectivity index is 1.77. The van der Waals surface area contributed by atoms with Gasteiger partial charge in [0.15, 0.2) is 0 Å². The molecule has 0 bridgehead atoms. The van der Waals surface area contributed by atoms with Crippen molar-refractivity contribution in [3.8, 4) is 0 Å². The molecule has 0 aromatic heterocycles. The predicted molar refractivity (Wildman–Crippen MR) is 90.2 cm³/mol. The van der Waals surface area contributed by atoms with Gasteiger partial charge in [0.25, 0.3) is 0 Å². The van der Waals surface area contributed by atoms with E-state index in [0.717, 1.165) is 22.6 Å². The Morgan fingerprint density at radius 1 is 1.21 bits per heavy atom. The molecule has 1 aromatic rings. The summed E-state index contributed by atoms with van der Waals surface area (Å²) in [5, 5.41) is 0. The molecule has 2 heteroatoms. The van der Waals surface area contributed by atoms with Crippen LogP contribution in [0.3, 0.4) is 0 Å². The van der Waals surface area contributed by atoms with Crippen molar-refractivity contribution in [1.82, 2.24) is 0 Å². The van der Waals surface area contributed by atoms with Gasteiger partial charge in [0, 0.05) is 9.72 Å². The lowest BCUT2D eigenvalue weighted by atomic mass is 9.75. The zero-order valence-corrected chi connectivity index (χ0v) is 14.4. The maximum atomic E-state index is 3.91. The van der Waals surface area contributed by atoms with Gasteiger partial charge in [-0.05, 0) is 61.3 Å². The summed E-state index contributed by atoms with van der Waals surface area (Å²) in [4.78, 5) is 2.16. The molecular weight excluding hydrogens is 316 g/mol. The van der Waals surface area contributed by atoms with Gasteiger partial charge in [-0.15, -0.1) is 11.8 Å². The molecule has 0 nitrogen and oxygen atoms in total. The Labute approximate surface area is 130 Å². The van der Waals surface area contributed by atoms with Crippen LogP contribution in [0, 0.1) is 17.8 Å². The molecule has 19 heavy (non-hydrogen) atoms. The van der Waals surface area contributed by atoms with Gasteiger partial charge < -0.3 is 0 Å². The van der Waals surface area contributed by atoms with Crippen molar-refractivity contribution in [2.24, 2.45) is 17.8 Å². The lowest BCUT2D eigenvalue weighted by Crippen LogP contribution is -2.28. The van der Waals surface area contributed by atoms with Gasteiger partial charge in [0.1, 0.15) is 0 Å². The molecule has 1 aliphatic carbocycles. The molecule has 1 aromatic carbocycles. The lowest BCUT2D eigenvalue weighted by molar-refractivity contribution is 0.220. The molecule has 0 radical (unpaired) electrons. The zero-order chi connectivity index (χ0) is 13.7. The van der Waals surface area contributed by atoms with Crippen LogP contribution in [0.25, 0.3) is 0 Å². The third-order valence-corrected chi connectivity index (χ3v) is 6.62. The van der Waals surface area contributed by atoms with Crippen LogP contribution in [0.4, 0.5) is 0 Å². The van der Waals surface area contributed by atoms with Crippen LogP contribution in [0.5, 0.6) is 0 Å². The van der Waals surface area contributed by atoms with E-state index in [2.05, 4.69) is 60.1 Å². The Kier molecular flexibility index (Phi) is 6.28. The van der Waals surface area contributed by atoms with Gasteiger partial charge in [-0.25, -0.2) is 0 Å². The fraction of sp³-hybridized carbons (Fsp3) is 0.647. The van der Waals surface area contributed by atoms with E-state index in [9.17, 15) is 0 Å². The summed E-state index contributed by atoms with van der Waals surface area (Å²) in [7, 11) is 0. The van der Waals surface area contributed by atoms with Crippen molar-refractivity contribution < 1.29 is 0 Å². The van der Waals surface area contributed by atoms with E-state index in [1.165, 1.54) is 36.3 Å². The van der Waals surface area contributed by atoms with Crippen molar-refractivity contribution in [2.45, 2.75) is 49.3 Å². The summed E-state index contributed by atoms with van der Waals surface area (Å²) in [5.74, 6) is 3.92. The summed E-state index contributed by atoms with van der Waals surface area (Å²) >= 11 is 5.91. The van der Waals surface area contributed by atoms with Crippen molar-refractivity contribution in [2.75, 3.05) is 5.75 Å². The highest BCUT2D eigenvalue weighted by Crippen LogP contribution is 2.39. The minimum atomic E-state index is 0.749. The van der Waals surface area contributed by atoms with Crippen molar-refractivity contribution in [3.05, 3.63) is 30.3 Å². The van der Waals surface area contributed by atoms with E-state index in [-0.39, 0.29) is 0 Å². The largest absolute Gasteiger partial charge is 0.126 e. The second-order valence-electron chi connectivity index (χ2n) is 6.04. The van der Waals surface area contributed by atoms with Gasteiger partial charge in [-0.3, -0.25) is 0 Å². The third-order valence-electron chi connectivity index (χ3n) is 4.37. The number of thioether (sulfide) groups is 1. The van der Waals surface area contributed by atoms with Crippen LogP contribution >= 0.6 is 27.7 Å². The zero-order valence-electron chi connectivity index (χ0n) is 12.0. The third kappa shape index (κ3) is 4.82. The summed E-state index contributed by atoms with van der Waals surface area (Å²) in [6, 6.07) is 10.8. The Morgan fingerprint density at radius 2 is 1.95 bits per heavy atom. The van der Waals surface area contributed by atoms with Crippen LogP contribution in [0.2, 0.25) is 0 Å². The minimum Gasteiger partial charge on any atom is -0.126 e. The molecule has 3 atom stereocenters. The van der Waals surface area contributed by atoms with Gasteiger partial charge in [0.05, 0.1) is 0 Å². The summed E-state index contributed by atoms with van der Waals surface area (Å²) in [5.41, 5.74) is 0. The van der Waals surface area contributed by atoms with Crippen LogP contribution < -0.4 is 0 Å². The topological polar surface area (TPSA) is 0 Å². The molecule has 0 amide bonds. The number of halogens is 1.